The first-order chi connectivity index (χ1) is 7.58. The van der Waals surface area contributed by atoms with Gasteiger partial charge in [-0.05, 0) is 29.9 Å². The molecule has 0 unspecified atom stereocenters. The van der Waals surface area contributed by atoms with Gasteiger partial charge in [0, 0.05) is 12.3 Å². The van der Waals surface area contributed by atoms with Crippen LogP contribution in [0.1, 0.15) is 47.5 Å². The molecule has 0 heterocycles. The van der Waals surface area contributed by atoms with Crippen LogP contribution in [0, 0.1) is 10.8 Å². The molecule has 96 valence electrons. The summed E-state index contributed by atoms with van der Waals surface area (Å²) < 4.78 is 0. The Balaban J connectivity index is 3.32. The first-order valence-electron chi connectivity index (χ1n) is 5.94. The molecule has 0 aromatic rings. The number of Topliss-reactive ketones (excluding diaryl/α,β-unsaturated/α-hetero) is 1. The van der Waals surface area contributed by atoms with Crippen molar-refractivity contribution in [1.29, 1.82) is 0 Å². The van der Waals surface area contributed by atoms with Crippen LogP contribution in [0.15, 0.2) is 23.2 Å². The summed E-state index contributed by atoms with van der Waals surface area (Å²) >= 11 is 0. The largest absolute Gasteiger partial charge is 0.511 e. The lowest BCUT2D eigenvalue weighted by atomic mass is 9.66. The molecule has 3 nitrogen and oxygen atoms in total. The summed E-state index contributed by atoms with van der Waals surface area (Å²) in [4.78, 5) is 11.1. The van der Waals surface area contributed by atoms with Crippen LogP contribution >= 0.6 is 0 Å². The zero-order valence-corrected chi connectivity index (χ0v) is 11.3. The van der Waals surface area contributed by atoms with Crippen molar-refractivity contribution in [2.75, 3.05) is 0 Å². The third-order valence-corrected chi connectivity index (χ3v) is 3.64. The van der Waals surface area contributed by atoms with Crippen LogP contribution in [0.5, 0.6) is 0 Å². The highest BCUT2D eigenvalue weighted by Crippen LogP contribution is 2.48. The van der Waals surface area contributed by atoms with Crippen LogP contribution in [0.2, 0.25) is 0 Å². The molecule has 0 aromatic carbocycles. The highest BCUT2D eigenvalue weighted by atomic mass is 16.3. The van der Waals surface area contributed by atoms with Crippen LogP contribution in [-0.4, -0.2) is 16.0 Å². The number of aliphatic hydroxyl groups is 2. The van der Waals surface area contributed by atoms with Gasteiger partial charge < -0.3 is 10.2 Å². The molecule has 0 fully saturated rings. The van der Waals surface area contributed by atoms with Crippen molar-refractivity contribution in [2.45, 2.75) is 47.5 Å². The van der Waals surface area contributed by atoms with Gasteiger partial charge in [-0.25, -0.2) is 0 Å². The van der Waals surface area contributed by atoms with E-state index in [2.05, 4.69) is 0 Å². The number of allylic oxidation sites excluding steroid dienone is 4. The van der Waals surface area contributed by atoms with E-state index >= 15 is 0 Å². The van der Waals surface area contributed by atoms with Crippen LogP contribution in [0.25, 0.3) is 0 Å². The fourth-order valence-corrected chi connectivity index (χ4v) is 2.07. The Morgan fingerprint density at radius 2 is 1.65 bits per heavy atom. The van der Waals surface area contributed by atoms with E-state index in [1.54, 1.807) is 0 Å². The molecular weight excluding hydrogens is 216 g/mol. The Kier molecular flexibility index (Phi) is 3.42. The highest BCUT2D eigenvalue weighted by molar-refractivity contribution is 5.91. The van der Waals surface area contributed by atoms with Gasteiger partial charge in [-0.15, -0.1) is 0 Å². The molecule has 2 N–H and O–H groups in total. The molecule has 0 aromatic heterocycles. The number of carbonyl (C=O) groups is 1. The molecule has 0 atom stereocenters. The third-order valence-electron chi connectivity index (χ3n) is 3.64. The lowest BCUT2D eigenvalue weighted by molar-refractivity contribution is -0.115. The smallest absolute Gasteiger partial charge is 0.194 e. The quantitative estimate of drug-likeness (QED) is 0.570. The van der Waals surface area contributed by atoms with Gasteiger partial charge in [-0.1, -0.05) is 27.7 Å². The predicted octanol–water partition coefficient (Wildman–Crippen LogP) is 3.68. The molecular formula is C14H22O3. The third kappa shape index (κ3) is 2.71. The van der Waals surface area contributed by atoms with E-state index in [1.165, 1.54) is 13.0 Å². The summed E-state index contributed by atoms with van der Waals surface area (Å²) in [7, 11) is 0. The van der Waals surface area contributed by atoms with E-state index in [4.69, 9.17) is 0 Å². The zero-order chi connectivity index (χ0) is 13.4. The SMILES string of the molecule is CC(=O)C(O)=CC1=C(O)C(C)(C)CCC1(C)C. The van der Waals surface area contributed by atoms with Crippen LogP contribution in [0.3, 0.4) is 0 Å². The number of hydrogen-bond donors (Lipinski definition) is 2. The van der Waals surface area contributed by atoms with Crippen molar-refractivity contribution >= 4 is 5.78 Å². The molecule has 3 heteroatoms. The minimum Gasteiger partial charge on any atom is -0.511 e. The fraction of sp³-hybridized carbons (Fsp3) is 0.643. The standard InChI is InChI=1S/C14H22O3/c1-9(15)11(16)8-10-12(17)14(4,5)7-6-13(10,2)3/h8,16-17H,6-7H2,1-5H3. The average molecular weight is 238 g/mol. The van der Waals surface area contributed by atoms with Crippen LogP contribution < -0.4 is 0 Å². The van der Waals surface area contributed by atoms with E-state index < -0.39 is 0 Å². The van der Waals surface area contributed by atoms with Crippen molar-refractivity contribution in [1.82, 2.24) is 0 Å². The maximum Gasteiger partial charge on any atom is 0.194 e. The topological polar surface area (TPSA) is 57.5 Å². The van der Waals surface area contributed by atoms with Crippen LogP contribution in [-0.2, 0) is 4.79 Å². The molecule has 1 aliphatic rings. The van der Waals surface area contributed by atoms with Crippen molar-refractivity contribution in [3.05, 3.63) is 23.2 Å². The second-order valence-corrected chi connectivity index (χ2v) is 6.12. The van der Waals surface area contributed by atoms with Gasteiger partial charge in [-0.2, -0.15) is 0 Å². The Bertz CT molecular complexity index is 398. The normalized spacial score (nSPS) is 23.7. The molecule has 0 radical (unpaired) electrons. The Morgan fingerprint density at radius 3 is 2.12 bits per heavy atom. The fourth-order valence-electron chi connectivity index (χ4n) is 2.07. The van der Waals surface area contributed by atoms with E-state index in [1.807, 2.05) is 27.7 Å². The minimum atomic E-state index is -0.385. The van der Waals surface area contributed by atoms with Gasteiger partial charge in [0.1, 0.15) is 5.76 Å². The predicted molar refractivity (Wildman–Crippen MR) is 67.8 cm³/mol. The maximum atomic E-state index is 11.1. The van der Waals surface area contributed by atoms with Gasteiger partial charge in [0.15, 0.2) is 11.5 Å². The zero-order valence-electron chi connectivity index (χ0n) is 11.3. The summed E-state index contributed by atoms with van der Waals surface area (Å²) in [6.07, 6.45) is 3.23. The number of hydrogen-bond acceptors (Lipinski definition) is 3. The van der Waals surface area contributed by atoms with Gasteiger partial charge in [0.25, 0.3) is 0 Å². The lowest BCUT2D eigenvalue weighted by Crippen LogP contribution is -2.30. The van der Waals surface area contributed by atoms with Gasteiger partial charge in [-0.3, -0.25) is 4.79 Å². The molecule has 0 saturated carbocycles. The first kappa shape index (κ1) is 13.8. The summed E-state index contributed by atoms with van der Waals surface area (Å²) in [6, 6.07) is 0. The number of carbonyl (C=O) groups excluding carboxylic acids is 1. The molecule has 0 saturated heterocycles. The Morgan fingerprint density at radius 1 is 1.18 bits per heavy atom. The van der Waals surface area contributed by atoms with Gasteiger partial charge >= 0.3 is 0 Å². The summed E-state index contributed by atoms with van der Waals surface area (Å²) in [5, 5.41) is 19.8. The molecule has 0 aliphatic heterocycles. The average Bonchev–Trinajstić information content (AvgIpc) is 2.20. The second-order valence-electron chi connectivity index (χ2n) is 6.12. The van der Waals surface area contributed by atoms with Crippen molar-refractivity contribution in [2.24, 2.45) is 10.8 Å². The van der Waals surface area contributed by atoms with E-state index in [0.29, 0.717) is 5.57 Å². The number of ketones is 1. The van der Waals surface area contributed by atoms with Crippen LogP contribution in [0.4, 0.5) is 0 Å². The van der Waals surface area contributed by atoms with E-state index in [-0.39, 0.29) is 28.1 Å². The molecule has 0 amide bonds. The van der Waals surface area contributed by atoms with Crippen molar-refractivity contribution in [3.8, 4) is 0 Å². The second kappa shape index (κ2) is 4.21. The summed E-state index contributed by atoms with van der Waals surface area (Å²) in [5.41, 5.74) is 0.156. The molecule has 17 heavy (non-hydrogen) atoms. The highest BCUT2D eigenvalue weighted by Gasteiger charge is 2.38. The summed E-state index contributed by atoms with van der Waals surface area (Å²) in [6.45, 7) is 9.27. The summed E-state index contributed by atoms with van der Waals surface area (Å²) in [5.74, 6) is -0.400. The molecule has 1 rings (SSSR count). The van der Waals surface area contributed by atoms with E-state index in [9.17, 15) is 15.0 Å². The maximum absolute atomic E-state index is 11.1. The Labute approximate surface area is 103 Å². The Hall–Kier alpha value is -1.25. The van der Waals surface area contributed by atoms with Gasteiger partial charge in [0.2, 0.25) is 0 Å². The van der Waals surface area contributed by atoms with Crippen molar-refractivity contribution in [3.63, 3.8) is 0 Å². The van der Waals surface area contributed by atoms with Gasteiger partial charge in [0.05, 0.1) is 0 Å². The lowest BCUT2D eigenvalue weighted by Gasteiger charge is -2.40. The monoisotopic (exact) mass is 238 g/mol. The number of rotatable bonds is 2. The minimum absolute atomic E-state index is 0.219. The molecule has 0 spiro atoms. The molecule has 1 aliphatic carbocycles. The first-order valence-corrected chi connectivity index (χ1v) is 5.94. The molecule has 0 bridgehead atoms. The van der Waals surface area contributed by atoms with Crippen molar-refractivity contribution < 1.29 is 15.0 Å². The number of aliphatic hydroxyl groups excluding tert-OH is 2. The van der Waals surface area contributed by atoms with E-state index in [0.717, 1.165) is 12.8 Å².